The lowest BCUT2D eigenvalue weighted by Gasteiger charge is -2.17. The van der Waals surface area contributed by atoms with Crippen molar-refractivity contribution in [1.82, 2.24) is 0 Å². The largest absolute Gasteiger partial charge is 0.417 e. The lowest BCUT2D eigenvalue weighted by atomic mass is 10.0. The summed E-state index contributed by atoms with van der Waals surface area (Å²) in [5.41, 5.74) is 3.53. The first-order chi connectivity index (χ1) is 8.14. The van der Waals surface area contributed by atoms with Crippen molar-refractivity contribution in [1.29, 1.82) is 0 Å². The van der Waals surface area contributed by atoms with Gasteiger partial charge in [0, 0.05) is 0 Å². The first-order valence-electron chi connectivity index (χ1n) is 4.66. The lowest BCUT2D eigenvalue weighted by Crippen LogP contribution is -2.33. The Hall–Kier alpha value is -1.31. The van der Waals surface area contributed by atoms with Gasteiger partial charge in [0.2, 0.25) is 5.91 Å². The molecule has 0 aromatic heterocycles. The molecule has 1 aromatic rings. The molecular weight excluding hydrogens is 275 g/mol. The summed E-state index contributed by atoms with van der Waals surface area (Å²) in [6.07, 6.45) is -8.27. The van der Waals surface area contributed by atoms with Gasteiger partial charge in [-0.25, -0.2) is 0 Å². The van der Waals surface area contributed by atoms with Crippen LogP contribution >= 0.6 is 11.6 Å². The third-order valence-corrected chi connectivity index (χ3v) is 2.54. The van der Waals surface area contributed by atoms with Gasteiger partial charge in [-0.15, -0.1) is 0 Å². The number of primary amides is 1. The van der Waals surface area contributed by atoms with Gasteiger partial charge in [-0.2, -0.15) is 13.2 Å². The molecule has 18 heavy (non-hydrogen) atoms. The van der Waals surface area contributed by atoms with E-state index in [9.17, 15) is 28.2 Å². The second-order valence-electron chi connectivity index (χ2n) is 3.53. The second kappa shape index (κ2) is 5.13. The molecule has 0 bridgehead atoms. The highest BCUT2D eigenvalue weighted by Crippen LogP contribution is 2.36. The highest BCUT2D eigenvalue weighted by atomic mass is 35.5. The Balaban J connectivity index is 3.08. The molecule has 0 aliphatic carbocycles. The number of carbonyl (C=O) groups excluding carboxylic acids is 1. The van der Waals surface area contributed by atoms with E-state index >= 15 is 0 Å². The van der Waals surface area contributed by atoms with Gasteiger partial charge in [0.25, 0.3) is 0 Å². The van der Waals surface area contributed by atoms with Crippen LogP contribution in [0.25, 0.3) is 0 Å². The number of alkyl halides is 3. The smallest absolute Gasteiger partial charge is 0.385 e. The van der Waals surface area contributed by atoms with E-state index in [1.165, 1.54) is 0 Å². The number of benzene rings is 1. The molecule has 0 saturated heterocycles. The minimum Gasteiger partial charge on any atom is -0.385 e. The molecule has 0 aliphatic rings. The number of halogens is 4. The molecule has 1 amide bonds. The SMILES string of the molecule is NC(=O)C(O)C(O)c1ccc(C(F)(F)F)c(Cl)c1. The number of aliphatic hydroxyl groups is 2. The van der Waals surface area contributed by atoms with Gasteiger partial charge in [-0.1, -0.05) is 17.7 Å². The van der Waals surface area contributed by atoms with Crippen molar-refractivity contribution in [3.63, 3.8) is 0 Å². The van der Waals surface area contributed by atoms with Crippen molar-refractivity contribution in [3.05, 3.63) is 34.3 Å². The summed E-state index contributed by atoms with van der Waals surface area (Å²) >= 11 is 5.41. The van der Waals surface area contributed by atoms with E-state index in [1.807, 2.05) is 0 Å². The average Bonchev–Trinajstić information content (AvgIpc) is 2.24. The van der Waals surface area contributed by atoms with Crippen LogP contribution in [0.1, 0.15) is 17.2 Å². The van der Waals surface area contributed by atoms with E-state index in [2.05, 4.69) is 0 Å². The van der Waals surface area contributed by atoms with Crippen LogP contribution in [0.5, 0.6) is 0 Å². The van der Waals surface area contributed by atoms with Crippen LogP contribution < -0.4 is 5.73 Å². The van der Waals surface area contributed by atoms with Gasteiger partial charge in [0.15, 0.2) is 6.10 Å². The Labute approximate surface area is 105 Å². The van der Waals surface area contributed by atoms with Crippen LogP contribution in [0.2, 0.25) is 5.02 Å². The zero-order valence-electron chi connectivity index (χ0n) is 8.78. The van der Waals surface area contributed by atoms with Crippen LogP contribution in [0, 0.1) is 0 Å². The van der Waals surface area contributed by atoms with Crippen molar-refractivity contribution < 1.29 is 28.2 Å². The summed E-state index contributed by atoms with van der Waals surface area (Å²) in [6.45, 7) is 0. The number of hydrogen-bond acceptors (Lipinski definition) is 3. The standard InChI is InChI=1S/C10H9ClF3NO3/c11-6-3-4(7(16)8(17)9(15)18)1-2-5(6)10(12,13)14/h1-3,7-8,16-17H,(H2,15,18). The van der Waals surface area contributed by atoms with Crippen LogP contribution in [0.3, 0.4) is 0 Å². The fraction of sp³-hybridized carbons (Fsp3) is 0.300. The topological polar surface area (TPSA) is 83.6 Å². The second-order valence-corrected chi connectivity index (χ2v) is 3.94. The van der Waals surface area contributed by atoms with E-state index in [-0.39, 0.29) is 5.56 Å². The number of aliphatic hydroxyl groups excluding tert-OH is 2. The molecule has 0 heterocycles. The first-order valence-corrected chi connectivity index (χ1v) is 5.04. The van der Waals surface area contributed by atoms with Gasteiger partial charge in [-0.05, 0) is 17.7 Å². The fourth-order valence-corrected chi connectivity index (χ4v) is 1.58. The molecule has 8 heteroatoms. The summed E-state index contributed by atoms with van der Waals surface area (Å²) in [6, 6.07) is 2.38. The van der Waals surface area contributed by atoms with Crippen molar-refractivity contribution in [2.75, 3.05) is 0 Å². The molecule has 0 saturated carbocycles. The molecule has 0 radical (unpaired) electrons. The van der Waals surface area contributed by atoms with Crippen LogP contribution in [0.15, 0.2) is 18.2 Å². The molecule has 4 nitrogen and oxygen atoms in total. The van der Waals surface area contributed by atoms with E-state index < -0.39 is 34.9 Å². The Morgan fingerprint density at radius 2 is 1.89 bits per heavy atom. The summed E-state index contributed by atoms with van der Waals surface area (Å²) in [7, 11) is 0. The van der Waals surface area contributed by atoms with Gasteiger partial charge < -0.3 is 15.9 Å². The number of carbonyl (C=O) groups is 1. The molecular formula is C10H9ClF3NO3. The van der Waals surface area contributed by atoms with Crippen molar-refractivity contribution in [3.8, 4) is 0 Å². The summed E-state index contributed by atoms with van der Waals surface area (Å²) in [5.74, 6) is -1.20. The maximum Gasteiger partial charge on any atom is 0.417 e. The average molecular weight is 284 g/mol. The molecule has 4 N–H and O–H groups in total. The zero-order chi connectivity index (χ0) is 14.1. The Morgan fingerprint density at radius 1 is 1.33 bits per heavy atom. The predicted octanol–water partition coefficient (Wildman–Crippen LogP) is 1.24. The third kappa shape index (κ3) is 3.12. The molecule has 100 valence electrons. The predicted molar refractivity (Wildman–Crippen MR) is 56.6 cm³/mol. The minimum absolute atomic E-state index is 0.140. The Morgan fingerprint density at radius 3 is 2.28 bits per heavy atom. The lowest BCUT2D eigenvalue weighted by molar-refractivity contribution is -0.137. The van der Waals surface area contributed by atoms with Crippen LogP contribution in [-0.2, 0) is 11.0 Å². The van der Waals surface area contributed by atoms with E-state index in [0.717, 1.165) is 12.1 Å². The first kappa shape index (κ1) is 14.7. The van der Waals surface area contributed by atoms with Gasteiger partial charge in [-0.3, -0.25) is 4.79 Å². The summed E-state index contributed by atoms with van der Waals surface area (Å²) in [4.78, 5) is 10.6. The number of nitrogens with two attached hydrogens (primary N) is 1. The molecule has 2 unspecified atom stereocenters. The summed E-state index contributed by atoms with van der Waals surface area (Å²) in [5, 5.41) is 18.0. The number of rotatable bonds is 3. The quantitative estimate of drug-likeness (QED) is 0.780. The normalized spacial score (nSPS) is 15.2. The van der Waals surface area contributed by atoms with E-state index in [1.54, 1.807) is 0 Å². The zero-order valence-corrected chi connectivity index (χ0v) is 9.53. The Kier molecular flexibility index (Phi) is 4.20. The molecule has 0 spiro atoms. The van der Waals surface area contributed by atoms with Crippen LogP contribution in [0.4, 0.5) is 13.2 Å². The Bertz CT molecular complexity index is 464. The number of hydrogen-bond donors (Lipinski definition) is 3. The maximum atomic E-state index is 12.4. The highest BCUT2D eigenvalue weighted by Gasteiger charge is 2.34. The summed E-state index contributed by atoms with van der Waals surface area (Å²) < 4.78 is 37.2. The maximum absolute atomic E-state index is 12.4. The van der Waals surface area contributed by atoms with Crippen molar-refractivity contribution >= 4 is 17.5 Å². The molecule has 1 aromatic carbocycles. The minimum atomic E-state index is -4.62. The molecule has 0 aliphatic heterocycles. The molecule has 1 rings (SSSR count). The van der Waals surface area contributed by atoms with E-state index in [0.29, 0.717) is 6.07 Å². The van der Waals surface area contributed by atoms with Gasteiger partial charge in [0.05, 0.1) is 10.6 Å². The highest BCUT2D eigenvalue weighted by molar-refractivity contribution is 6.31. The van der Waals surface area contributed by atoms with E-state index in [4.69, 9.17) is 17.3 Å². The molecule has 2 atom stereocenters. The van der Waals surface area contributed by atoms with Crippen LogP contribution in [-0.4, -0.2) is 22.2 Å². The fourth-order valence-electron chi connectivity index (χ4n) is 1.28. The van der Waals surface area contributed by atoms with Crippen molar-refractivity contribution in [2.24, 2.45) is 5.73 Å². The number of amides is 1. The van der Waals surface area contributed by atoms with Gasteiger partial charge >= 0.3 is 6.18 Å². The van der Waals surface area contributed by atoms with Gasteiger partial charge in [0.1, 0.15) is 6.10 Å². The van der Waals surface area contributed by atoms with Crippen molar-refractivity contribution in [2.45, 2.75) is 18.4 Å². The molecule has 0 fully saturated rings. The monoisotopic (exact) mass is 283 g/mol. The third-order valence-electron chi connectivity index (χ3n) is 2.23.